The Labute approximate surface area is 85.1 Å². The van der Waals surface area contributed by atoms with Gasteiger partial charge >= 0.3 is 0 Å². The average molecular weight is 201 g/mol. The van der Waals surface area contributed by atoms with Gasteiger partial charge in [0, 0.05) is 37.4 Å². The molecule has 0 bridgehead atoms. The summed E-state index contributed by atoms with van der Waals surface area (Å²) in [5.74, 6) is 2.94. The fourth-order valence-corrected chi connectivity index (χ4v) is 2.48. The molecule has 0 aliphatic carbocycles. The van der Waals surface area contributed by atoms with Gasteiger partial charge in [0.2, 0.25) is 0 Å². The van der Waals surface area contributed by atoms with Crippen LogP contribution in [0.2, 0.25) is 0 Å². The second-order valence-corrected chi connectivity index (χ2v) is 4.67. The summed E-state index contributed by atoms with van der Waals surface area (Å²) >= 11 is 2.03. The topological polar surface area (TPSA) is 20.3 Å². The molecule has 1 rings (SSSR count). The van der Waals surface area contributed by atoms with Crippen molar-refractivity contribution in [2.75, 3.05) is 31.1 Å². The van der Waals surface area contributed by atoms with E-state index in [1.807, 2.05) is 18.7 Å². The van der Waals surface area contributed by atoms with Crippen LogP contribution >= 0.6 is 11.8 Å². The van der Waals surface area contributed by atoms with Crippen molar-refractivity contribution in [1.82, 2.24) is 4.90 Å². The van der Waals surface area contributed by atoms with Gasteiger partial charge in [-0.05, 0) is 13.0 Å². The van der Waals surface area contributed by atoms with Gasteiger partial charge in [0.05, 0.1) is 0 Å². The first-order valence-electron chi connectivity index (χ1n) is 5.14. The lowest BCUT2D eigenvalue weighted by atomic mass is 10.2. The van der Waals surface area contributed by atoms with Crippen molar-refractivity contribution in [2.45, 2.75) is 26.2 Å². The van der Waals surface area contributed by atoms with Crippen LogP contribution < -0.4 is 0 Å². The normalized spacial score (nSPS) is 18.8. The lowest BCUT2D eigenvalue weighted by Gasteiger charge is -2.25. The second kappa shape index (κ2) is 6.44. The Hall–Kier alpha value is -0.0200. The Morgan fingerprint density at radius 2 is 2.08 bits per heavy atom. The van der Waals surface area contributed by atoms with Gasteiger partial charge in [0.15, 0.2) is 0 Å². The van der Waals surface area contributed by atoms with Gasteiger partial charge < -0.3 is 4.90 Å². The number of rotatable bonds is 5. The Bertz CT molecular complexity index is 155. The van der Waals surface area contributed by atoms with Crippen LogP contribution in [0, 0.1) is 0 Å². The summed E-state index contributed by atoms with van der Waals surface area (Å²) < 4.78 is 0. The van der Waals surface area contributed by atoms with Gasteiger partial charge in [-0.15, -0.1) is 0 Å². The number of ketones is 1. The highest BCUT2D eigenvalue weighted by molar-refractivity contribution is 7.99. The molecule has 1 aliphatic heterocycles. The highest BCUT2D eigenvalue weighted by Crippen LogP contribution is 2.09. The molecule has 0 spiro atoms. The first-order chi connectivity index (χ1) is 6.33. The SMILES string of the molecule is CCC(=O)CCCN1CCSCC1. The predicted octanol–water partition coefficient (Wildman–Crippen LogP) is 1.79. The number of hydrogen-bond acceptors (Lipinski definition) is 3. The molecule has 0 N–H and O–H groups in total. The molecule has 1 heterocycles. The highest BCUT2D eigenvalue weighted by atomic mass is 32.2. The zero-order valence-corrected chi connectivity index (χ0v) is 9.24. The Morgan fingerprint density at radius 3 is 2.69 bits per heavy atom. The van der Waals surface area contributed by atoms with Crippen molar-refractivity contribution < 1.29 is 4.79 Å². The summed E-state index contributed by atoms with van der Waals surface area (Å²) in [6.07, 6.45) is 2.54. The number of Topliss-reactive ketones (excluding diaryl/α,β-unsaturated/α-hetero) is 1. The fourth-order valence-electron chi connectivity index (χ4n) is 1.50. The third-order valence-corrected chi connectivity index (χ3v) is 3.37. The summed E-state index contributed by atoms with van der Waals surface area (Å²) in [6, 6.07) is 0. The Balaban J connectivity index is 2.01. The van der Waals surface area contributed by atoms with Crippen LogP contribution in [0.5, 0.6) is 0 Å². The molecule has 3 heteroatoms. The van der Waals surface area contributed by atoms with Gasteiger partial charge in [-0.3, -0.25) is 4.79 Å². The molecule has 0 aromatic heterocycles. The third-order valence-electron chi connectivity index (χ3n) is 2.43. The summed E-state index contributed by atoms with van der Waals surface area (Å²) in [5, 5.41) is 0. The molecule has 0 amide bonds. The number of hydrogen-bond donors (Lipinski definition) is 0. The molecule has 0 saturated carbocycles. The molecule has 1 saturated heterocycles. The van der Waals surface area contributed by atoms with E-state index in [9.17, 15) is 4.79 Å². The average Bonchev–Trinajstić information content (AvgIpc) is 2.19. The zero-order chi connectivity index (χ0) is 9.52. The molecule has 2 nitrogen and oxygen atoms in total. The summed E-state index contributed by atoms with van der Waals surface area (Å²) in [4.78, 5) is 13.5. The van der Waals surface area contributed by atoms with Gasteiger partial charge in [-0.25, -0.2) is 0 Å². The van der Waals surface area contributed by atoms with Crippen LogP contribution in [0.4, 0.5) is 0 Å². The summed E-state index contributed by atoms with van der Waals surface area (Å²) in [5.41, 5.74) is 0. The molecule has 0 aromatic carbocycles. The molecule has 1 fully saturated rings. The van der Waals surface area contributed by atoms with E-state index in [0.717, 1.165) is 19.4 Å². The van der Waals surface area contributed by atoms with Crippen LogP contribution in [-0.4, -0.2) is 41.8 Å². The van der Waals surface area contributed by atoms with Gasteiger partial charge in [0.1, 0.15) is 5.78 Å². The Kier molecular flexibility index (Phi) is 5.47. The largest absolute Gasteiger partial charge is 0.302 e. The molecule has 1 aliphatic rings. The second-order valence-electron chi connectivity index (χ2n) is 3.45. The standard InChI is InChI=1S/C10H19NOS/c1-2-10(12)4-3-5-11-6-8-13-9-7-11/h2-9H2,1H3. The van der Waals surface area contributed by atoms with Crippen molar-refractivity contribution in [3.63, 3.8) is 0 Å². The molecule has 0 unspecified atom stereocenters. The molecular weight excluding hydrogens is 182 g/mol. The first kappa shape index (κ1) is 11.1. The van der Waals surface area contributed by atoms with Crippen molar-refractivity contribution in [1.29, 1.82) is 0 Å². The number of thioether (sulfide) groups is 1. The zero-order valence-electron chi connectivity index (χ0n) is 8.42. The van der Waals surface area contributed by atoms with Gasteiger partial charge in [0.25, 0.3) is 0 Å². The Morgan fingerprint density at radius 1 is 1.38 bits per heavy atom. The number of nitrogens with zero attached hydrogens (tertiary/aromatic N) is 1. The number of carbonyl (C=O) groups is 1. The van der Waals surface area contributed by atoms with Crippen molar-refractivity contribution in [3.8, 4) is 0 Å². The van der Waals surface area contributed by atoms with Gasteiger partial charge in [-0.1, -0.05) is 6.92 Å². The van der Waals surface area contributed by atoms with Crippen molar-refractivity contribution in [3.05, 3.63) is 0 Å². The van der Waals surface area contributed by atoms with E-state index in [1.54, 1.807) is 0 Å². The fraction of sp³-hybridized carbons (Fsp3) is 0.900. The van der Waals surface area contributed by atoms with Crippen molar-refractivity contribution >= 4 is 17.5 Å². The maximum Gasteiger partial charge on any atom is 0.132 e. The minimum atomic E-state index is 0.409. The molecule has 0 aromatic rings. The summed E-state index contributed by atoms with van der Waals surface area (Å²) in [6.45, 7) is 5.49. The van der Waals surface area contributed by atoms with E-state index < -0.39 is 0 Å². The molecule has 13 heavy (non-hydrogen) atoms. The van der Waals surface area contributed by atoms with Crippen LogP contribution in [-0.2, 0) is 4.79 Å². The molecule has 0 radical (unpaired) electrons. The minimum Gasteiger partial charge on any atom is -0.302 e. The minimum absolute atomic E-state index is 0.409. The first-order valence-corrected chi connectivity index (χ1v) is 6.30. The van der Waals surface area contributed by atoms with Crippen LogP contribution in [0.1, 0.15) is 26.2 Å². The van der Waals surface area contributed by atoms with E-state index in [2.05, 4.69) is 4.90 Å². The smallest absolute Gasteiger partial charge is 0.132 e. The van der Waals surface area contributed by atoms with E-state index in [1.165, 1.54) is 24.6 Å². The lowest BCUT2D eigenvalue weighted by molar-refractivity contribution is -0.118. The van der Waals surface area contributed by atoms with E-state index in [-0.39, 0.29) is 0 Å². The number of carbonyl (C=O) groups excluding carboxylic acids is 1. The molecule has 0 atom stereocenters. The van der Waals surface area contributed by atoms with Crippen LogP contribution in [0.3, 0.4) is 0 Å². The van der Waals surface area contributed by atoms with E-state index >= 15 is 0 Å². The maximum absolute atomic E-state index is 11.0. The van der Waals surface area contributed by atoms with E-state index in [4.69, 9.17) is 0 Å². The van der Waals surface area contributed by atoms with Crippen LogP contribution in [0.15, 0.2) is 0 Å². The van der Waals surface area contributed by atoms with Gasteiger partial charge in [-0.2, -0.15) is 11.8 Å². The van der Waals surface area contributed by atoms with E-state index in [0.29, 0.717) is 12.2 Å². The molecule has 76 valence electrons. The lowest BCUT2D eigenvalue weighted by Crippen LogP contribution is -2.33. The highest BCUT2D eigenvalue weighted by Gasteiger charge is 2.09. The van der Waals surface area contributed by atoms with Crippen molar-refractivity contribution in [2.24, 2.45) is 0 Å². The monoisotopic (exact) mass is 201 g/mol. The maximum atomic E-state index is 11.0. The van der Waals surface area contributed by atoms with Crippen LogP contribution in [0.25, 0.3) is 0 Å². The summed E-state index contributed by atoms with van der Waals surface area (Å²) in [7, 11) is 0. The predicted molar refractivity (Wildman–Crippen MR) is 58.3 cm³/mol. The quantitative estimate of drug-likeness (QED) is 0.676. The molecular formula is C10H19NOS. The third kappa shape index (κ3) is 4.67.